The molecule has 5 rings (SSSR count). The van der Waals surface area contributed by atoms with Crippen LogP contribution >= 0.6 is 0 Å². The fourth-order valence-electron chi connectivity index (χ4n) is 9.44. The summed E-state index contributed by atoms with van der Waals surface area (Å²) in [4.78, 5) is 0. The van der Waals surface area contributed by atoms with Gasteiger partial charge in [0.25, 0.3) is 0 Å². The SMILES string of the molecule is CO[C@@H]1CC[C@@]2(C)[C@H](C1)C[C@H]1O[C@@]13[C@H]2CC[C@]1(C)[C@@H]([C@H](C)/C=C/[C@H](C)C(C)C)CC[C@@H]13. The van der Waals surface area contributed by atoms with Crippen LogP contribution in [0.25, 0.3) is 0 Å². The lowest BCUT2D eigenvalue weighted by atomic mass is 9.44. The molecule has 0 aromatic heterocycles. The van der Waals surface area contributed by atoms with E-state index in [1.807, 2.05) is 7.11 Å². The molecular weight excluding hydrogens is 380 g/mol. The summed E-state index contributed by atoms with van der Waals surface area (Å²) in [5.74, 6) is 5.28. The zero-order valence-corrected chi connectivity index (χ0v) is 21.3. The van der Waals surface area contributed by atoms with Crippen LogP contribution in [0.3, 0.4) is 0 Å². The summed E-state index contributed by atoms with van der Waals surface area (Å²) in [6, 6.07) is 0. The molecule has 0 bridgehead atoms. The molecule has 11 atom stereocenters. The lowest BCUT2D eigenvalue weighted by Gasteiger charge is -2.59. The topological polar surface area (TPSA) is 21.8 Å². The molecule has 0 amide bonds. The maximum Gasteiger partial charge on any atom is 0.101 e. The van der Waals surface area contributed by atoms with E-state index in [0.717, 1.165) is 29.6 Å². The fourth-order valence-corrected chi connectivity index (χ4v) is 9.44. The summed E-state index contributed by atoms with van der Waals surface area (Å²) >= 11 is 0. The first kappa shape index (κ1) is 22.5. The van der Waals surface area contributed by atoms with Crippen LogP contribution in [0.4, 0.5) is 0 Å². The first-order chi connectivity index (χ1) is 14.7. The van der Waals surface area contributed by atoms with Gasteiger partial charge in [-0.25, -0.2) is 0 Å². The Morgan fingerprint density at radius 1 is 0.871 bits per heavy atom. The van der Waals surface area contributed by atoms with Crippen LogP contribution in [0.5, 0.6) is 0 Å². The normalized spacial score (nSPS) is 52.9. The molecule has 0 N–H and O–H groups in total. The summed E-state index contributed by atoms with van der Waals surface area (Å²) in [5, 5.41) is 0. The number of rotatable bonds is 5. The highest BCUT2D eigenvalue weighted by Gasteiger charge is 2.78. The molecule has 2 nitrogen and oxygen atoms in total. The van der Waals surface area contributed by atoms with Gasteiger partial charge in [-0.3, -0.25) is 0 Å². The van der Waals surface area contributed by atoms with Crippen LogP contribution in [0.15, 0.2) is 12.2 Å². The zero-order chi connectivity index (χ0) is 22.2. The van der Waals surface area contributed by atoms with E-state index in [9.17, 15) is 0 Å². The highest BCUT2D eigenvalue weighted by molar-refractivity contribution is 5.26. The van der Waals surface area contributed by atoms with E-state index < -0.39 is 0 Å². The molecule has 4 aliphatic carbocycles. The second kappa shape index (κ2) is 7.59. The number of epoxide rings is 1. The molecule has 176 valence electrons. The van der Waals surface area contributed by atoms with E-state index in [1.54, 1.807) is 0 Å². The first-order valence-electron chi connectivity index (χ1n) is 13.6. The molecule has 0 radical (unpaired) electrons. The van der Waals surface area contributed by atoms with Crippen molar-refractivity contribution in [2.24, 2.45) is 52.3 Å². The van der Waals surface area contributed by atoms with Crippen LogP contribution in [0.2, 0.25) is 0 Å². The van der Waals surface area contributed by atoms with E-state index in [-0.39, 0.29) is 5.60 Å². The third-order valence-corrected chi connectivity index (χ3v) is 11.8. The standard InChI is InChI=1S/C29H48O2/c1-18(2)19(3)8-9-20(4)23-10-11-24-28(23,6)15-13-25-27(5)14-12-22(30-7)16-21(27)17-26-29(24,25)31-26/h8-9,18-26H,10-17H2,1-7H3/b9-8+/t19-,20+,21+,22+,23+,24-,25-,26+,27-,28+,29-/m0/s1. The van der Waals surface area contributed by atoms with Crippen LogP contribution in [0, 0.1) is 52.3 Å². The number of hydrogen-bond donors (Lipinski definition) is 0. The average Bonchev–Trinajstić information content (AvgIpc) is 3.31. The van der Waals surface area contributed by atoms with Crippen molar-refractivity contribution in [1.29, 1.82) is 0 Å². The third-order valence-electron chi connectivity index (χ3n) is 11.8. The molecule has 1 spiro atoms. The van der Waals surface area contributed by atoms with Gasteiger partial charge in [0.05, 0.1) is 12.2 Å². The smallest absolute Gasteiger partial charge is 0.101 e. The Labute approximate surface area is 191 Å². The van der Waals surface area contributed by atoms with Crippen molar-refractivity contribution in [1.82, 2.24) is 0 Å². The molecule has 0 unspecified atom stereocenters. The summed E-state index contributed by atoms with van der Waals surface area (Å²) in [5.41, 5.74) is 1.16. The predicted molar refractivity (Wildman–Crippen MR) is 128 cm³/mol. The quantitative estimate of drug-likeness (QED) is 0.339. The van der Waals surface area contributed by atoms with E-state index in [0.29, 0.717) is 34.9 Å². The Morgan fingerprint density at radius 2 is 1.58 bits per heavy atom. The second-order valence-electron chi connectivity index (χ2n) is 13.2. The summed E-state index contributed by atoms with van der Waals surface area (Å²) in [6.07, 6.45) is 16.9. The van der Waals surface area contributed by atoms with Crippen molar-refractivity contribution >= 4 is 0 Å². The van der Waals surface area contributed by atoms with E-state index >= 15 is 0 Å². The molecule has 5 fully saturated rings. The largest absolute Gasteiger partial charge is 0.381 e. The summed E-state index contributed by atoms with van der Waals surface area (Å²) < 4.78 is 12.7. The number of hydrogen-bond acceptors (Lipinski definition) is 2. The second-order valence-corrected chi connectivity index (χ2v) is 13.2. The van der Waals surface area contributed by atoms with Crippen LogP contribution in [-0.2, 0) is 9.47 Å². The van der Waals surface area contributed by atoms with Crippen LogP contribution in [-0.4, -0.2) is 24.9 Å². The lowest BCUT2D eigenvalue weighted by molar-refractivity contribution is -0.120. The highest BCUT2D eigenvalue weighted by atomic mass is 16.6. The van der Waals surface area contributed by atoms with Gasteiger partial charge in [-0.2, -0.15) is 0 Å². The minimum atomic E-state index is 0.224. The fraction of sp³-hybridized carbons (Fsp3) is 0.931. The Hall–Kier alpha value is -0.340. The molecule has 1 heterocycles. The number of allylic oxidation sites excluding steroid dienone is 2. The van der Waals surface area contributed by atoms with Gasteiger partial charge in [0, 0.05) is 7.11 Å². The number of fused-ring (bicyclic) bond motifs is 3. The Morgan fingerprint density at radius 3 is 2.29 bits per heavy atom. The van der Waals surface area contributed by atoms with E-state index in [1.165, 1.54) is 51.4 Å². The molecule has 0 aromatic carbocycles. The van der Waals surface area contributed by atoms with Gasteiger partial charge in [0.1, 0.15) is 5.60 Å². The van der Waals surface area contributed by atoms with Crippen molar-refractivity contribution in [2.45, 2.75) is 111 Å². The Kier molecular flexibility index (Phi) is 5.50. The van der Waals surface area contributed by atoms with Gasteiger partial charge in [-0.1, -0.05) is 53.7 Å². The maximum atomic E-state index is 6.87. The highest BCUT2D eigenvalue weighted by Crippen LogP contribution is 2.76. The molecule has 5 aliphatic rings. The average molecular weight is 429 g/mol. The molecule has 4 saturated carbocycles. The predicted octanol–water partition coefficient (Wildman–Crippen LogP) is 7.28. The minimum Gasteiger partial charge on any atom is -0.381 e. The van der Waals surface area contributed by atoms with Crippen molar-refractivity contribution in [3.63, 3.8) is 0 Å². The van der Waals surface area contributed by atoms with E-state index in [4.69, 9.17) is 9.47 Å². The van der Waals surface area contributed by atoms with Crippen LogP contribution in [0.1, 0.15) is 92.9 Å². The molecule has 2 heteroatoms. The summed E-state index contributed by atoms with van der Waals surface area (Å²) in [6.45, 7) is 14.9. The third kappa shape index (κ3) is 3.17. The van der Waals surface area contributed by atoms with Crippen molar-refractivity contribution < 1.29 is 9.47 Å². The van der Waals surface area contributed by atoms with Gasteiger partial charge < -0.3 is 9.47 Å². The van der Waals surface area contributed by atoms with Gasteiger partial charge in [0.2, 0.25) is 0 Å². The van der Waals surface area contributed by atoms with Crippen molar-refractivity contribution in [3.8, 4) is 0 Å². The summed E-state index contributed by atoms with van der Waals surface area (Å²) in [7, 11) is 1.91. The number of ether oxygens (including phenoxy) is 2. The van der Waals surface area contributed by atoms with Gasteiger partial charge in [-0.15, -0.1) is 0 Å². The van der Waals surface area contributed by atoms with Crippen molar-refractivity contribution in [2.75, 3.05) is 7.11 Å². The molecule has 31 heavy (non-hydrogen) atoms. The maximum absolute atomic E-state index is 6.87. The van der Waals surface area contributed by atoms with Crippen LogP contribution < -0.4 is 0 Å². The molecule has 1 saturated heterocycles. The van der Waals surface area contributed by atoms with E-state index in [2.05, 4.69) is 53.7 Å². The lowest BCUT2D eigenvalue weighted by Crippen LogP contribution is -2.59. The molecule has 1 aliphatic heterocycles. The monoisotopic (exact) mass is 428 g/mol. The van der Waals surface area contributed by atoms with Gasteiger partial charge in [-0.05, 0) is 104 Å². The van der Waals surface area contributed by atoms with Gasteiger partial charge in [0.15, 0.2) is 0 Å². The number of methoxy groups -OCH3 is 1. The Bertz CT molecular complexity index is 714. The van der Waals surface area contributed by atoms with Crippen molar-refractivity contribution in [3.05, 3.63) is 12.2 Å². The zero-order valence-electron chi connectivity index (χ0n) is 21.3. The van der Waals surface area contributed by atoms with Gasteiger partial charge >= 0.3 is 0 Å². The first-order valence-corrected chi connectivity index (χ1v) is 13.6. The molecule has 0 aromatic rings. The molecular formula is C29H48O2. The Balaban J connectivity index is 1.37. The minimum absolute atomic E-state index is 0.224.